The van der Waals surface area contributed by atoms with E-state index >= 15 is 0 Å². The molecule has 1 atom stereocenters. The van der Waals surface area contributed by atoms with Crippen LogP contribution in [0.4, 0.5) is 0 Å². The van der Waals surface area contributed by atoms with Gasteiger partial charge in [-0.3, -0.25) is 9.36 Å². The van der Waals surface area contributed by atoms with Crippen LogP contribution in [0.15, 0.2) is 55.0 Å². The van der Waals surface area contributed by atoms with Gasteiger partial charge in [0.25, 0.3) is 5.91 Å². The number of nitrogens with zero attached hydrogens (tertiary/aromatic N) is 2. The molecule has 0 saturated carbocycles. The summed E-state index contributed by atoms with van der Waals surface area (Å²) in [5.41, 5.74) is 3.25. The van der Waals surface area contributed by atoms with E-state index in [-0.39, 0.29) is 11.9 Å². The number of aromatic nitrogens is 2. The van der Waals surface area contributed by atoms with Crippen molar-refractivity contribution in [2.24, 2.45) is 0 Å². The van der Waals surface area contributed by atoms with Crippen molar-refractivity contribution in [3.8, 4) is 28.3 Å². The number of nitrogens with one attached hydrogen (secondary N) is 1. The van der Waals surface area contributed by atoms with Crippen molar-refractivity contribution in [3.63, 3.8) is 0 Å². The average molecular weight is 395 g/mol. The van der Waals surface area contributed by atoms with E-state index in [1.807, 2.05) is 49.4 Å². The van der Waals surface area contributed by atoms with E-state index < -0.39 is 0 Å². The van der Waals surface area contributed by atoms with Gasteiger partial charge in [-0.15, -0.1) is 0 Å². The van der Waals surface area contributed by atoms with Gasteiger partial charge < -0.3 is 19.5 Å². The Balaban J connectivity index is 1.92. The molecule has 7 heteroatoms. The second-order valence-electron chi connectivity index (χ2n) is 6.60. The summed E-state index contributed by atoms with van der Waals surface area (Å²) in [7, 11) is 4.82. The molecule has 1 N–H and O–H groups in total. The molecule has 0 aliphatic heterocycles. The van der Waals surface area contributed by atoms with Gasteiger partial charge in [-0.05, 0) is 42.3 Å². The third kappa shape index (κ3) is 4.57. The van der Waals surface area contributed by atoms with Gasteiger partial charge in [-0.25, -0.2) is 4.98 Å². The van der Waals surface area contributed by atoms with Crippen LogP contribution < -0.4 is 14.8 Å². The number of ether oxygens (including phenoxy) is 3. The van der Waals surface area contributed by atoms with Gasteiger partial charge in [0.05, 0.1) is 33.4 Å². The zero-order chi connectivity index (χ0) is 20.8. The predicted molar refractivity (Wildman–Crippen MR) is 111 cm³/mol. The lowest BCUT2D eigenvalue weighted by Gasteiger charge is -2.14. The quantitative estimate of drug-likeness (QED) is 0.633. The number of hydrogen-bond donors (Lipinski definition) is 1. The molecular weight excluding hydrogens is 370 g/mol. The van der Waals surface area contributed by atoms with Crippen molar-refractivity contribution in [1.29, 1.82) is 0 Å². The highest BCUT2D eigenvalue weighted by Gasteiger charge is 2.16. The van der Waals surface area contributed by atoms with Crippen molar-refractivity contribution in [1.82, 2.24) is 14.9 Å². The van der Waals surface area contributed by atoms with Crippen LogP contribution in [0.1, 0.15) is 17.4 Å². The maximum absolute atomic E-state index is 12.6. The molecule has 0 fully saturated rings. The van der Waals surface area contributed by atoms with Crippen LogP contribution in [0.2, 0.25) is 0 Å². The van der Waals surface area contributed by atoms with Gasteiger partial charge >= 0.3 is 0 Å². The molecule has 1 amide bonds. The minimum absolute atomic E-state index is 0.103. The first-order valence-electron chi connectivity index (χ1n) is 9.22. The number of carbonyl (C=O) groups is 1. The Labute approximate surface area is 170 Å². The number of carbonyl (C=O) groups excluding carboxylic acids is 1. The summed E-state index contributed by atoms with van der Waals surface area (Å²) in [5.74, 6) is 1.12. The molecule has 0 radical (unpaired) electrons. The van der Waals surface area contributed by atoms with Gasteiger partial charge in [-0.1, -0.05) is 18.2 Å². The zero-order valence-corrected chi connectivity index (χ0v) is 17.0. The zero-order valence-electron chi connectivity index (χ0n) is 17.0. The molecule has 3 rings (SSSR count). The van der Waals surface area contributed by atoms with Crippen LogP contribution in [0.25, 0.3) is 16.8 Å². The largest absolute Gasteiger partial charge is 0.493 e. The first-order valence-corrected chi connectivity index (χ1v) is 9.22. The summed E-state index contributed by atoms with van der Waals surface area (Å²) < 4.78 is 17.6. The highest BCUT2D eigenvalue weighted by Crippen LogP contribution is 2.33. The van der Waals surface area contributed by atoms with E-state index in [1.165, 1.54) is 0 Å². The first kappa shape index (κ1) is 20.4. The molecule has 0 spiro atoms. The molecule has 1 heterocycles. The first-order chi connectivity index (χ1) is 14.1. The minimum Gasteiger partial charge on any atom is -0.493 e. The predicted octanol–water partition coefficient (Wildman–Crippen LogP) is 3.32. The second-order valence-corrected chi connectivity index (χ2v) is 6.60. The van der Waals surface area contributed by atoms with Crippen LogP contribution >= 0.6 is 0 Å². The van der Waals surface area contributed by atoms with E-state index in [2.05, 4.69) is 10.3 Å². The fourth-order valence-electron chi connectivity index (χ4n) is 3.11. The smallest absolute Gasteiger partial charge is 0.270 e. The van der Waals surface area contributed by atoms with Crippen molar-refractivity contribution < 1.29 is 19.0 Å². The maximum atomic E-state index is 12.6. The van der Waals surface area contributed by atoms with E-state index in [4.69, 9.17) is 14.2 Å². The molecule has 1 unspecified atom stereocenters. The standard InChI is InChI=1S/C22H25N3O4/c1-15(13-27-2)24-22(26)19-12-23-14-25(19)18-7-5-6-16(10-18)17-8-9-20(28-3)21(11-17)29-4/h5-12,14-15H,13H2,1-4H3,(H,24,26). The van der Waals surface area contributed by atoms with Gasteiger partial charge in [0.1, 0.15) is 5.69 Å². The van der Waals surface area contributed by atoms with Crippen LogP contribution in [0, 0.1) is 0 Å². The SMILES string of the molecule is COCC(C)NC(=O)c1cncn1-c1cccc(-c2ccc(OC)c(OC)c2)c1. The number of rotatable bonds is 8. The average Bonchev–Trinajstić information content (AvgIpc) is 3.23. The van der Waals surface area contributed by atoms with E-state index in [9.17, 15) is 4.79 Å². The summed E-state index contributed by atoms with van der Waals surface area (Å²) in [5, 5.41) is 2.91. The fourth-order valence-corrected chi connectivity index (χ4v) is 3.11. The summed E-state index contributed by atoms with van der Waals surface area (Å²) in [6.45, 7) is 2.33. The number of methoxy groups -OCH3 is 3. The number of imidazole rings is 1. The topological polar surface area (TPSA) is 74.6 Å². The molecule has 0 aliphatic carbocycles. The fraction of sp³-hybridized carbons (Fsp3) is 0.273. The molecule has 0 aliphatic rings. The highest BCUT2D eigenvalue weighted by molar-refractivity contribution is 5.93. The van der Waals surface area contributed by atoms with Crippen LogP contribution in [-0.4, -0.2) is 49.4 Å². The summed E-state index contributed by atoms with van der Waals surface area (Å²) in [6.07, 6.45) is 3.18. The Hall–Kier alpha value is -3.32. The minimum atomic E-state index is -0.205. The lowest BCUT2D eigenvalue weighted by molar-refractivity contribution is 0.0898. The molecule has 1 aromatic heterocycles. The van der Waals surface area contributed by atoms with Gasteiger partial charge in [0, 0.05) is 18.8 Å². The summed E-state index contributed by atoms with van der Waals surface area (Å²) >= 11 is 0. The number of benzene rings is 2. The normalized spacial score (nSPS) is 11.7. The Bertz CT molecular complexity index is 984. The lowest BCUT2D eigenvalue weighted by atomic mass is 10.0. The van der Waals surface area contributed by atoms with Crippen molar-refractivity contribution in [2.75, 3.05) is 27.9 Å². The van der Waals surface area contributed by atoms with Crippen molar-refractivity contribution in [3.05, 3.63) is 60.7 Å². The summed E-state index contributed by atoms with van der Waals surface area (Å²) in [6, 6.07) is 13.5. The Morgan fingerprint density at radius 3 is 2.55 bits per heavy atom. The molecule has 2 aromatic carbocycles. The third-order valence-corrected chi connectivity index (χ3v) is 4.51. The number of amides is 1. The van der Waals surface area contributed by atoms with E-state index in [0.717, 1.165) is 16.8 Å². The van der Waals surface area contributed by atoms with E-state index in [1.54, 1.807) is 38.4 Å². The van der Waals surface area contributed by atoms with Crippen LogP contribution in [-0.2, 0) is 4.74 Å². The summed E-state index contributed by atoms with van der Waals surface area (Å²) in [4.78, 5) is 16.8. The second kappa shape index (κ2) is 9.25. The molecule has 3 aromatic rings. The Morgan fingerprint density at radius 2 is 1.83 bits per heavy atom. The third-order valence-electron chi connectivity index (χ3n) is 4.51. The Morgan fingerprint density at radius 1 is 1.07 bits per heavy atom. The van der Waals surface area contributed by atoms with Gasteiger partial charge in [-0.2, -0.15) is 0 Å². The molecule has 152 valence electrons. The van der Waals surface area contributed by atoms with Crippen molar-refractivity contribution in [2.45, 2.75) is 13.0 Å². The lowest BCUT2D eigenvalue weighted by Crippen LogP contribution is -2.36. The monoisotopic (exact) mass is 395 g/mol. The molecule has 0 bridgehead atoms. The maximum Gasteiger partial charge on any atom is 0.270 e. The molecule has 7 nitrogen and oxygen atoms in total. The van der Waals surface area contributed by atoms with Gasteiger partial charge in [0.15, 0.2) is 11.5 Å². The molecule has 0 saturated heterocycles. The van der Waals surface area contributed by atoms with Gasteiger partial charge in [0.2, 0.25) is 0 Å². The number of hydrogen-bond acceptors (Lipinski definition) is 5. The van der Waals surface area contributed by atoms with Crippen LogP contribution in [0.5, 0.6) is 11.5 Å². The van der Waals surface area contributed by atoms with Crippen LogP contribution in [0.3, 0.4) is 0 Å². The molecule has 29 heavy (non-hydrogen) atoms. The Kier molecular flexibility index (Phi) is 6.51. The van der Waals surface area contributed by atoms with E-state index in [0.29, 0.717) is 23.8 Å². The van der Waals surface area contributed by atoms with Crippen molar-refractivity contribution >= 4 is 5.91 Å². The molecular formula is C22H25N3O4. The highest BCUT2D eigenvalue weighted by atomic mass is 16.5.